The van der Waals surface area contributed by atoms with Crippen molar-refractivity contribution in [1.82, 2.24) is 4.90 Å². The van der Waals surface area contributed by atoms with Crippen LogP contribution in [0.25, 0.3) is 0 Å². The number of carbonyl (C=O) groups is 2. The van der Waals surface area contributed by atoms with Crippen molar-refractivity contribution in [3.63, 3.8) is 0 Å². The van der Waals surface area contributed by atoms with Gasteiger partial charge >= 0.3 is 5.97 Å². The van der Waals surface area contributed by atoms with Crippen LogP contribution in [0.2, 0.25) is 0 Å². The Bertz CT molecular complexity index is 719. The van der Waals surface area contributed by atoms with E-state index in [2.05, 4.69) is 0 Å². The fourth-order valence-electron chi connectivity index (χ4n) is 3.99. The number of carboxylic acids is 1. The molecule has 0 aromatic heterocycles. The predicted octanol–water partition coefficient (Wildman–Crippen LogP) is 2.81. The molecule has 0 radical (unpaired) electrons. The molecule has 2 saturated carbocycles. The van der Waals surface area contributed by atoms with Crippen LogP contribution < -0.4 is 9.47 Å². The standard InChI is InChI=1S/C20H25NO5/c1-25-14-4-5-15(17(10-14)26-12-13-2-3-13)18(22)21-8-6-20(7-9-21)11-16(20)19(23)24/h4-5,10,13,16H,2-3,6-9,11-12H2,1H3,(H,23,24). The fraction of sp³-hybridized carbons (Fsp3) is 0.600. The fourth-order valence-corrected chi connectivity index (χ4v) is 3.99. The highest BCUT2D eigenvalue weighted by Crippen LogP contribution is 2.59. The van der Waals surface area contributed by atoms with Gasteiger partial charge in [0.15, 0.2) is 0 Å². The maximum absolute atomic E-state index is 13.0. The first-order valence-electron chi connectivity index (χ1n) is 9.35. The van der Waals surface area contributed by atoms with Gasteiger partial charge < -0.3 is 19.5 Å². The van der Waals surface area contributed by atoms with E-state index in [1.807, 2.05) is 4.90 Å². The van der Waals surface area contributed by atoms with Gasteiger partial charge in [0, 0.05) is 19.2 Å². The maximum Gasteiger partial charge on any atom is 0.307 e. The number of hydrogen-bond donors (Lipinski definition) is 1. The van der Waals surface area contributed by atoms with E-state index in [1.54, 1.807) is 25.3 Å². The first kappa shape index (κ1) is 17.2. The molecular formula is C20H25NO5. The highest BCUT2D eigenvalue weighted by molar-refractivity contribution is 5.97. The van der Waals surface area contributed by atoms with Gasteiger partial charge in [-0.1, -0.05) is 0 Å². The lowest BCUT2D eigenvalue weighted by Crippen LogP contribution is -2.40. The average molecular weight is 359 g/mol. The molecule has 1 unspecified atom stereocenters. The first-order chi connectivity index (χ1) is 12.5. The molecule has 6 nitrogen and oxygen atoms in total. The number of ether oxygens (including phenoxy) is 2. The zero-order valence-corrected chi connectivity index (χ0v) is 15.1. The van der Waals surface area contributed by atoms with E-state index < -0.39 is 5.97 Å². The van der Waals surface area contributed by atoms with Crippen LogP contribution in [0.4, 0.5) is 0 Å². The molecule has 1 aromatic rings. The van der Waals surface area contributed by atoms with Gasteiger partial charge in [-0.15, -0.1) is 0 Å². The Morgan fingerprint density at radius 2 is 2.00 bits per heavy atom. The number of methoxy groups -OCH3 is 1. The Morgan fingerprint density at radius 3 is 2.58 bits per heavy atom. The second kappa shape index (κ2) is 6.49. The lowest BCUT2D eigenvalue weighted by molar-refractivity contribution is -0.139. The Labute approximate surface area is 153 Å². The summed E-state index contributed by atoms with van der Waals surface area (Å²) in [6, 6.07) is 5.33. The molecule has 1 spiro atoms. The van der Waals surface area contributed by atoms with Crippen molar-refractivity contribution in [1.29, 1.82) is 0 Å². The summed E-state index contributed by atoms with van der Waals surface area (Å²) in [6.45, 7) is 1.85. The van der Waals surface area contributed by atoms with Gasteiger partial charge in [0.25, 0.3) is 5.91 Å². The van der Waals surface area contributed by atoms with E-state index >= 15 is 0 Å². The summed E-state index contributed by atoms with van der Waals surface area (Å²) in [7, 11) is 1.60. The topological polar surface area (TPSA) is 76.1 Å². The lowest BCUT2D eigenvalue weighted by atomic mass is 9.90. The molecule has 1 saturated heterocycles. The van der Waals surface area contributed by atoms with Crippen LogP contribution in [0.15, 0.2) is 18.2 Å². The van der Waals surface area contributed by atoms with Crippen LogP contribution in [0, 0.1) is 17.3 Å². The SMILES string of the molecule is COc1ccc(C(=O)N2CCC3(CC2)CC3C(=O)O)c(OCC2CC2)c1. The van der Waals surface area contributed by atoms with Gasteiger partial charge in [-0.3, -0.25) is 9.59 Å². The van der Waals surface area contributed by atoms with Crippen molar-refractivity contribution >= 4 is 11.9 Å². The number of nitrogens with zero attached hydrogens (tertiary/aromatic N) is 1. The Balaban J connectivity index is 1.45. The molecule has 1 N–H and O–H groups in total. The molecule has 3 fully saturated rings. The number of carbonyl (C=O) groups excluding carboxylic acids is 1. The van der Waals surface area contributed by atoms with E-state index in [1.165, 1.54) is 12.8 Å². The summed E-state index contributed by atoms with van der Waals surface area (Å²) < 4.78 is 11.2. The minimum absolute atomic E-state index is 0.0409. The van der Waals surface area contributed by atoms with Crippen molar-refractivity contribution in [3.05, 3.63) is 23.8 Å². The summed E-state index contributed by atoms with van der Waals surface area (Å²) in [6.07, 6.45) is 4.66. The Morgan fingerprint density at radius 1 is 1.27 bits per heavy atom. The molecule has 1 aliphatic heterocycles. The number of aliphatic carboxylic acids is 1. The monoisotopic (exact) mass is 359 g/mol. The van der Waals surface area contributed by atoms with Crippen LogP contribution in [0.1, 0.15) is 42.5 Å². The zero-order valence-electron chi connectivity index (χ0n) is 15.1. The molecule has 1 heterocycles. The average Bonchev–Trinajstić information content (AvgIpc) is 3.56. The van der Waals surface area contributed by atoms with Gasteiger partial charge in [0.05, 0.1) is 25.2 Å². The number of benzene rings is 1. The predicted molar refractivity (Wildman–Crippen MR) is 94.5 cm³/mol. The molecule has 1 amide bonds. The molecule has 3 aliphatic rings. The number of likely N-dealkylation sites (tertiary alicyclic amines) is 1. The Hall–Kier alpha value is -2.24. The zero-order chi connectivity index (χ0) is 18.3. The van der Waals surface area contributed by atoms with Crippen LogP contribution in [0.3, 0.4) is 0 Å². The second-order valence-electron chi connectivity index (χ2n) is 7.87. The molecule has 6 heteroatoms. The van der Waals surface area contributed by atoms with Gasteiger partial charge in [-0.25, -0.2) is 0 Å². The third-order valence-corrected chi connectivity index (χ3v) is 6.12. The number of rotatable bonds is 6. The smallest absolute Gasteiger partial charge is 0.307 e. The summed E-state index contributed by atoms with van der Waals surface area (Å²) in [5.41, 5.74) is 0.487. The lowest BCUT2D eigenvalue weighted by Gasteiger charge is -2.33. The van der Waals surface area contributed by atoms with E-state index in [9.17, 15) is 14.7 Å². The molecule has 2 aliphatic carbocycles. The van der Waals surface area contributed by atoms with Crippen molar-refractivity contribution < 1.29 is 24.2 Å². The number of amides is 1. The molecular weight excluding hydrogens is 334 g/mol. The molecule has 0 bridgehead atoms. The molecule has 26 heavy (non-hydrogen) atoms. The van der Waals surface area contributed by atoms with Gasteiger partial charge in [-0.05, 0) is 55.6 Å². The van der Waals surface area contributed by atoms with Gasteiger partial charge in [-0.2, -0.15) is 0 Å². The highest BCUT2D eigenvalue weighted by Gasteiger charge is 2.59. The van der Waals surface area contributed by atoms with Crippen molar-refractivity contribution in [3.8, 4) is 11.5 Å². The molecule has 1 atom stereocenters. The second-order valence-corrected chi connectivity index (χ2v) is 7.87. The van der Waals surface area contributed by atoms with Crippen LogP contribution in [-0.4, -0.2) is 48.7 Å². The third-order valence-electron chi connectivity index (χ3n) is 6.12. The van der Waals surface area contributed by atoms with E-state index in [4.69, 9.17) is 9.47 Å². The van der Waals surface area contributed by atoms with Crippen molar-refractivity contribution in [2.45, 2.75) is 32.1 Å². The summed E-state index contributed by atoms with van der Waals surface area (Å²) in [4.78, 5) is 26.0. The quantitative estimate of drug-likeness (QED) is 0.845. The minimum Gasteiger partial charge on any atom is -0.497 e. The third kappa shape index (κ3) is 3.24. The largest absolute Gasteiger partial charge is 0.497 e. The van der Waals surface area contributed by atoms with Crippen molar-refractivity contribution in [2.24, 2.45) is 17.3 Å². The van der Waals surface area contributed by atoms with Crippen molar-refractivity contribution in [2.75, 3.05) is 26.8 Å². The summed E-state index contributed by atoms with van der Waals surface area (Å²) in [5.74, 6) is 0.889. The maximum atomic E-state index is 13.0. The minimum atomic E-state index is -0.698. The Kier molecular flexibility index (Phi) is 4.29. The van der Waals surface area contributed by atoms with Crippen LogP contribution in [0.5, 0.6) is 11.5 Å². The molecule has 1 aromatic carbocycles. The van der Waals surface area contributed by atoms with Gasteiger partial charge in [0.2, 0.25) is 0 Å². The first-order valence-corrected chi connectivity index (χ1v) is 9.35. The number of hydrogen-bond acceptors (Lipinski definition) is 4. The number of piperidine rings is 1. The van der Waals surface area contributed by atoms with Gasteiger partial charge in [0.1, 0.15) is 11.5 Å². The van der Waals surface area contributed by atoms with Crippen LogP contribution >= 0.6 is 0 Å². The summed E-state index contributed by atoms with van der Waals surface area (Å²) >= 11 is 0. The number of carboxylic acid groups (broad SMARTS) is 1. The normalized spacial score (nSPS) is 23.6. The van der Waals surface area contributed by atoms with Crippen LogP contribution in [-0.2, 0) is 4.79 Å². The highest BCUT2D eigenvalue weighted by atomic mass is 16.5. The van der Waals surface area contributed by atoms with E-state index in [0.29, 0.717) is 42.7 Å². The summed E-state index contributed by atoms with van der Waals surface area (Å²) in [5, 5.41) is 9.21. The van der Waals surface area contributed by atoms with E-state index in [-0.39, 0.29) is 17.2 Å². The van der Waals surface area contributed by atoms with E-state index in [0.717, 1.165) is 19.3 Å². The molecule has 4 rings (SSSR count). The molecule has 140 valence electrons.